The van der Waals surface area contributed by atoms with Crippen LogP contribution in [0.5, 0.6) is 0 Å². The van der Waals surface area contributed by atoms with E-state index in [2.05, 4.69) is 15.3 Å². The topological polar surface area (TPSA) is 64.1 Å². The van der Waals surface area contributed by atoms with Crippen LogP contribution in [-0.2, 0) is 4.74 Å². The van der Waals surface area contributed by atoms with E-state index in [9.17, 15) is 9.18 Å². The number of hydrogen-bond donors (Lipinski definition) is 1. The molecule has 0 aliphatic heterocycles. The first-order valence-corrected chi connectivity index (χ1v) is 7.94. The fourth-order valence-electron chi connectivity index (χ4n) is 2.42. The maximum Gasteiger partial charge on any atom is 0.342 e. The molecule has 7 heteroatoms. The van der Waals surface area contributed by atoms with Gasteiger partial charge in [0.25, 0.3) is 0 Å². The standard InChI is InChI=1S/C19H18FN3O2.ClH/c1-11(2)25-19(24)16-10-21-18-15(9-4-12(3)22-18)17(16)23-14-7-5-13(20)6-8-14;/h4-11H,1-3H3,(H,21,22,23);1H. The first-order chi connectivity index (χ1) is 11.9. The van der Waals surface area contributed by atoms with Crippen LogP contribution in [0.3, 0.4) is 0 Å². The molecule has 1 aromatic carbocycles. The molecule has 0 bridgehead atoms. The summed E-state index contributed by atoms with van der Waals surface area (Å²) < 4.78 is 18.5. The van der Waals surface area contributed by atoms with Crippen LogP contribution in [0, 0.1) is 12.7 Å². The number of anilines is 2. The molecule has 0 radical (unpaired) electrons. The van der Waals surface area contributed by atoms with Gasteiger partial charge in [0.05, 0.1) is 11.8 Å². The van der Waals surface area contributed by atoms with Crippen molar-refractivity contribution >= 4 is 40.8 Å². The van der Waals surface area contributed by atoms with Crippen molar-refractivity contribution in [3.8, 4) is 0 Å². The van der Waals surface area contributed by atoms with E-state index in [0.29, 0.717) is 28.0 Å². The first-order valence-electron chi connectivity index (χ1n) is 7.94. The predicted molar refractivity (Wildman–Crippen MR) is 102 cm³/mol. The van der Waals surface area contributed by atoms with Gasteiger partial charge in [-0.1, -0.05) is 0 Å². The maximum absolute atomic E-state index is 13.2. The molecule has 0 spiro atoms. The lowest BCUT2D eigenvalue weighted by Crippen LogP contribution is -2.14. The molecule has 136 valence electrons. The summed E-state index contributed by atoms with van der Waals surface area (Å²) in [5.41, 5.74) is 2.83. The van der Waals surface area contributed by atoms with Gasteiger partial charge in [-0.15, -0.1) is 12.4 Å². The summed E-state index contributed by atoms with van der Waals surface area (Å²) in [5.74, 6) is -0.809. The summed E-state index contributed by atoms with van der Waals surface area (Å²) in [5, 5.41) is 3.86. The molecule has 0 aliphatic carbocycles. The van der Waals surface area contributed by atoms with Gasteiger partial charge in [-0.3, -0.25) is 0 Å². The Morgan fingerprint density at radius 2 is 1.85 bits per heavy atom. The van der Waals surface area contributed by atoms with Crippen LogP contribution in [0.1, 0.15) is 29.9 Å². The monoisotopic (exact) mass is 375 g/mol. The molecule has 0 atom stereocenters. The van der Waals surface area contributed by atoms with E-state index < -0.39 is 5.97 Å². The molecule has 0 aliphatic rings. The largest absolute Gasteiger partial charge is 0.459 e. The second-order valence-corrected chi connectivity index (χ2v) is 5.96. The fraction of sp³-hybridized carbons (Fsp3) is 0.211. The van der Waals surface area contributed by atoms with Crippen molar-refractivity contribution in [3.05, 3.63) is 59.7 Å². The van der Waals surface area contributed by atoms with Crippen molar-refractivity contribution in [2.24, 2.45) is 0 Å². The summed E-state index contributed by atoms with van der Waals surface area (Å²) in [6.07, 6.45) is 1.20. The van der Waals surface area contributed by atoms with Crippen LogP contribution in [0.15, 0.2) is 42.6 Å². The molecule has 3 aromatic rings. The highest BCUT2D eigenvalue weighted by Crippen LogP contribution is 2.29. The summed E-state index contributed by atoms with van der Waals surface area (Å²) in [6, 6.07) is 9.59. The normalized spacial score (nSPS) is 10.5. The van der Waals surface area contributed by atoms with E-state index in [1.807, 2.05) is 19.1 Å². The molecule has 26 heavy (non-hydrogen) atoms. The Hall–Kier alpha value is -2.73. The molecule has 1 N–H and O–H groups in total. The Balaban J connectivity index is 0.00000243. The summed E-state index contributed by atoms with van der Waals surface area (Å²) in [7, 11) is 0. The van der Waals surface area contributed by atoms with Crippen molar-refractivity contribution in [2.45, 2.75) is 26.9 Å². The van der Waals surface area contributed by atoms with Gasteiger partial charge in [0, 0.05) is 23.0 Å². The van der Waals surface area contributed by atoms with Crippen LogP contribution in [0.25, 0.3) is 11.0 Å². The van der Waals surface area contributed by atoms with Gasteiger partial charge < -0.3 is 10.1 Å². The molecule has 0 saturated heterocycles. The molecular weight excluding hydrogens is 357 g/mol. The van der Waals surface area contributed by atoms with Gasteiger partial charge >= 0.3 is 5.97 Å². The molecule has 0 saturated carbocycles. The lowest BCUT2D eigenvalue weighted by Gasteiger charge is -2.15. The predicted octanol–water partition coefficient (Wildman–Crippen LogP) is 4.81. The summed E-state index contributed by atoms with van der Waals surface area (Å²) in [4.78, 5) is 21.1. The zero-order valence-electron chi connectivity index (χ0n) is 14.6. The van der Waals surface area contributed by atoms with E-state index in [-0.39, 0.29) is 24.3 Å². The number of aromatic nitrogens is 2. The lowest BCUT2D eigenvalue weighted by atomic mass is 10.1. The second kappa shape index (κ2) is 8.10. The zero-order valence-corrected chi connectivity index (χ0v) is 15.4. The number of benzene rings is 1. The van der Waals surface area contributed by atoms with E-state index in [0.717, 1.165) is 5.69 Å². The van der Waals surface area contributed by atoms with Gasteiger partial charge in [-0.05, 0) is 57.2 Å². The number of rotatable bonds is 4. The molecular formula is C19H19ClFN3O2. The van der Waals surface area contributed by atoms with Crippen LogP contribution in [0.2, 0.25) is 0 Å². The Kier molecular flexibility index (Phi) is 6.10. The van der Waals surface area contributed by atoms with Gasteiger partial charge in [-0.25, -0.2) is 19.2 Å². The smallest absolute Gasteiger partial charge is 0.342 e. The van der Waals surface area contributed by atoms with E-state index in [1.54, 1.807) is 26.0 Å². The number of hydrogen-bond acceptors (Lipinski definition) is 5. The summed E-state index contributed by atoms with van der Waals surface area (Å²) in [6.45, 7) is 5.43. The van der Waals surface area contributed by atoms with Crippen LogP contribution in [-0.4, -0.2) is 22.0 Å². The van der Waals surface area contributed by atoms with Crippen molar-refractivity contribution in [1.29, 1.82) is 0 Å². The van der Waals surface area contributed by atoms with E-state index in [1.165, 1.54) is 18.3 Å². The average molecular weight is 376 g/mol. The SMILES string of the molecule is Cc1ccc2c(Nc3ccc(F)cc3)c(C(=O)OC(C)C)cnc2n1.Cl. The molecule has 0 fully saturated rings. The minimum Gasteiger partial charge on any atom is -0.459 e. The van der Waals surface area contributed by atoms with Crippen molar-refractivity contribution in [2.75, 3.05) is 5.32 Å². The zero-order chi connectivity index (χ0) is 18.0. The third kappa shape index (κ3) is 4.26. The van der Waals surface area contributed by atoms with E-state index >= 15 is 0 Å². The minimum atomic E-state index is -0.477. The number of aryl methyl sites for hydroxylation is 1. The average Bonchev–Trinajstić information content (AvgIpc) is 2.56. The van der Waals surface area contributed by atoms with Gasteiger partial charge in [-0.2, -0.15) is 0 Å². The highest BCUT2D eigenvalue weighted by molar-refractivity contribution is 6.05. The molecule has 0 unspecified atom stereocenters. The number of carbonyl (C=O) groups excluding carboxylic acids is 1. The Bertz CT molecular complexity index is 930. The number of nitrogens with zero attached hydrogens (tertiary/aromatic N) is 2. The van der Waals surface area contributed by atoms with Crippen LogP contribution in [0.4, 0.5) is 15.8 Å². The lowest BCUT2D eigenvalue weighted by molar-refractivity contribution is 0.0379. The van der Waals surface area contributed by atoms with Gasteiger partial charge in [0.2, 0.25) is 0 Å². The number of nitrogens with one attached hydrogen (secondary N) is 1. The fourth-order valence-corrected chi connectivity index (χ4v) is 2.42. The van der Waals surface area contributed by atoms with Crippen LogP contribution < -0.4 is 5.32 Å². The van der Waals surface area contributed by atoms with Crippen molar-refractivity contribution < 1.29 is 13.9 Å². The first kappa shape index (κ1) is 19.6. The molecule has 0 amide bonds. The number of ether oxygens (including phenoxy) is 1. The van der Waals surface area contributed by atoms with Gasteiger partial charge in [0.1, 0.15) is 11.4 Å². The number of esters is 1. The number of halogens is 2. The maximum atomic E-state index is 13.2. The summed E-state index contributed by atoms with van der Waals surface area (Å²) >= 11 is 0. The minimum absolute atomic E-state index is 0. The van der Waals surface area contributed by atoms with Gasteiger partial charge in [0.15, 0.2) is 5.65 Å². The Morgan fingerprint density at radius 1 is 1.15 bits per heavy atom. The highest BCUT2D eigenvalue weighted by Gasteiger charge is 2.19. The number of carbonyl (C=O) groups is 1. The second-order valence-electron chi connectivity index (χ2n) is 5.96. The molecule has 3 rings (SSSR count). The quantitative estimate of drug-likeness (QED) is 0.663. The van der Waals surface area contributed by atoms with Crippen molar-refractivity contribution in [1.82, 2.24) is 9.97 Å². The third-order valence-electron chi connectivity index (χ3n) is 3.55. The number of fused-ring (bicyclic) bond motifs is 1. The van der Waals surface area contributed by atoms with Crippen molar-refractivity contribution in [3.63, 3.8) is 0 Å². The molecule has 5 nitrogen and oxygen atoms in total. The van der Waals surface area contributed by atoms with E-state index in [4.69, 9.17) is 4.74 Å². The Labute approximate surface area is 157 Å². The molecule has 2 heterocycles. The number of pyridine rings is 2. The third-order valence-corrected chi connectivity index (χ3v) is 3.55. The molecule has 2 aromatic heterocycles. The van der Waals surface area contributed by atoms with Crippen LogP contribution >= 0.6 is 12.4 Å². The Morgan fingerprint density at radius 3 is 2.50 bits per heavy atom. The highest BCUT2D eigenvalue weighted by atomic mass is 35.5.